The molecule has 1 unspecified atom stereocenters. The van der Waals surface area contributed by atoms with Gasteiger partial charge >= 0.3 is 0 Å². The highest BCUT2D eigenvalue weighted by Crippen LogP contribution is 2.32. The van der Waals surface area contributed by atoms with Crippen LogP contribution >= 0.6 is 0 Å². The summed E-state index contributed by atoms with van der Waals surface area (Å²) in [5.74, 6) is -0.0347. The average molecular weight is 327 g/mol. The van der Waals surface area contributed by atoms with E-state index in [1.807, 2.05) is 12.1 Å². The first-order valence-corrected chi connectivity index (χ1v) is 8.55. The maximum Gasteiger partial charge on any atom is 0.255 e. The van der Waals surface area contributed by atoms with E-state index in [1.54, 1.807) is 4.90 Å². The van der Waals surface area contributed by atoms with E-state index >= 15 is 0 Å². The van der Waals surface area contributed by atoms with Crippen LogP contribution < -0.4 is 10.2 Å². The molecule has 6 nitrogen and oxygen atoms in total. The number of carbonyl (C=O) groups is 3. The van der Waals surface area contributed by atoms with Gasteiger partial charge in [0.2, 0.25) is 11.8 Å². The number of carbonyl (C=O) groups excluding carboxylic acids is 3. The molecule has 3 heterocycles. The van der Waals surface area contributed by atoms with Crippen molar-refractivity contribution in [1.82, 2.24) is 10.2 Å². The molecule has 4 rings (SSSR count). The molecule has 24 heavy (non-hydrogen) atoms. The fraction of sp³-hybridized carbons (Fsp3) is 0.500. The number of benzene rings is 1. The molecule has 0 bridgehead atoms. The van der Waals surface area contributed by atoms with Crippen molar-refractivity contribution >= 4 is 23.4 Å². The van der Waals surface area contributed by atoms with Crippen molar-refractivity contribution in [2.24, 2.45) is 5.92 Å². The SMILES string of the molecule is C[C@H]1CCN(c2ccc3c(c2)CN(C2CCC(=O)NC2=O)C3=O)C1. The summed E-state index contributed by atoms with van der Waals surface area (Å²) in [6.45, 7) is 4.79. The molecule has 0 spiro atoms. The second-order valence-corrected chi connectivity index (χ2v) is 7.08. The number of nitrogens with one attached hydrogen (secondary N) is 1. The van der Waals surface area contributed by atoms with Gasteiger partial charge in [0.15, 0.2) is 0 Å². The second-order valence-electron chi connectivity index (χ2n) is 7.08. The number of hydrogen-bond acceptors (Lipinski definition) is 4. The number of amides is 3. The zero-order valence-electron chi connectivity index (χ0n) is 13.7. The topological polar surface area (TPSA) is 69.7 Å². The smallest absolute Gasteiger partial charge is 0.255 e. The van der Waals surface area contributed by atoms with Crippen molar-refractivity contribution < 1.29 is 14.4 Å². The summed E-state index contributed by atoms with van der Waals surface area (Å²) in [5.41, 5.74) is 2.80. The number of imide groups is 1. The van der Waals surface area contributed by atoms with E-state index in [1.165, 1.54) is 6.42 Å². The number of piperidine rings is 1. The number of fused-ring (bicyclic) bond motifs is 1. The summed E-state index contributed by atoms with van der Waals surface area (Å²) in [4.78, 5) is 40.0. The second kappa shape index (κ2) is 5.61. The Balaban J connectivity index is 1.56. The molecule has 0 radical (unpaired) electrons. The molecule has 0 aliphatic carbocycles. The number of rotatable bonds is 2. The summed E-state index contributed by atoms with van der Waals surface area (Å²) in [6, 6.07) is 5.42. The van der Waals surface area contributed by atoms with Crippen molar-refractivity contribution in [3.63, 3.8) is 0 Å². The molecule has 2 atom stereocenters. The molecular formula is C18H21N3O3. The Morgan fingerprint density at radius 1 is 1.17 bits per heavy atom. The molecule has 0 aromatic heterocycles. The summed E-state index contributed by atoms with van der Waals surface area (Å²) in [5, 5.41) is 2.33. The Morgan fingerprint density at radius 3 is 2.71 bits per heavy atom. The zero-order valence-corrected chi connectivity index (χ0v) is 13.7. The van der Waals surface area contributed by atoms with Gasteiger partial charge in [0, 0.05) is 37.3 Å². The molecule has 126 valence electrons. The van der Waals surface area contributed by atoms with E-state index in [9.17, 15) is 14.4 Å². The standard InChI is InChI=1S/C18H21N3O3/c1-11-6-7-20(9-11)13-2-3-14-12(8-13)10-21(18(14)24)15-4-5-16(22)19-17(15)23/h2-3,8,11,15H,4-7,9-10H2,1H3,(H,19,22,23)/t11-,15?/m0/s1. The lowest BCUT2D eigenvalue weighted by Gasteiger charge is -2.29. The zero-order chi connectivity index (χ0) is 16.8. The van der Waals surface area contributed by atoms with Crippen LogP contribution in [0.2, 0.25) is 0 Å². The molecule has 1 aromatic carbocycles. The van der Waals surface area contributed by atoms with Gasteiger partial charge in [-0.15, -0.1) is 0 Å². The van der Waals surface area contributed by atoms with E-state index in [4.69, 9.17) is 0 Å². The van der Waals surface area contributed by atoms with Gasteiger partial charge in [0.25, 0.3) is 5.91 Å². The third-order valence-corrected chi connectivity index (χ3v) is 5.30. The van der Waals surface area contributed by atoms with Crippen molar-refractivity contribution in [1.29, 1.82) is 0 Å². The van der Waals surface area contributed by atoms with E-state index in [2.05, 4.69) is 23.2 Å². The maximum atomic E-state index is 12.7. The van der Waals surface area contributed by atoms with E-state index < -0.39 is 6.04 Å². The minimum absolute atomic E-state index is 0.110. The van der Waals surface area contributed by atoms with Crippen LogP contribution in [0, 0.1) is 5.92 Å². The van der Waals surface area contributed by atoms with Gasteiger partial charge in [-0.3, -0.25) is 19.7 Å². The first-order chi connectivity index (χ1) is 11.5. The Morgan fingerprint density at radius 2 is 2.00 bits per heavy atom. The molecule has 2 saturated heterocycles. The van der Waals surface area contributed by atoms with Crippen LogP contribution in [0.5, 0.6) is 0 Å². The third kappa shape index (κ3) is 2.46. The molecule has 3 amide bonds. The highest BCUT2D eigenvalue weighted by atomic mass is 16.2. The molecule has 1 N–H and O–H groups in total. The summed E-state index contributed by atoms with van der Waals surface area (Å²) >= 11 is 0. The molecule has 6 heteroatoms. The molecular weight excluding hydrogens is 306 g/mol. The van der Waals surface area contributed by atoms with Crippen LogP contribution in [0.4, 0.5) is 5.69 Å². The quantitative estimate of drug-likeness (QED) is 0.831. The summed E-state index contributed by atoms with van der Waals surface area (Å²) < 4.78 is 0. The fourth-order valence-electron chi connectivity index (χ4n) is 3.93. The van der Waals surface area contributed by atoms with E-state index in [0.717, 1.165) is 24.3 Å². The monoisotopic (exact) mass is 327 g/mol. The molecule has 1 aromatic rings. The van der Waals surface area contributed by atoms with Gasteiger partial charge in [0.1, 0.15) is 6.04 Å². The summed E-state index contributed by atoms with van der Waals surface area (Å²) in [7, 11) is 0. The van der Waals surface area contributed by atoms with Gasteiger partial charge in [-0.1, -0.05) is 6.92 Å². The first-order valence-electron chi connectivity index (χ1n) is 8.55. The number of nitrogens with zero attached hydrogens (tertiary/aromatic N) is 2. The van der Waals surface area contributed by atoms with Crippen LogP contribution in [-0.2, 0) is 16.1 Å². The van der Waals surface area contributed by atoms with Crippen LogP contribution in [0.25, 0.3) is 0 Å². The highest BCUT2D eigenvalue weighted by Gasteiger charge is 2.39. The Kier molecular flexibility index (Phi) is 3.55. The van der Waals surface area contributed by atoms with Gasteiger partial charge < -0.3 is 9.80 Å². The first kappa shape index (κ1) is 15.2. The van der Waals surface area contributed by atoms with Crippen molar-refractivity contribution in [3.8, 4) is 0 Å². The van der Waals surface area contributed by atoms with Crippen LogP contribution in [0.3, 0.4) is 0 Å². The van der Waals surface area contributed by atoms with Gasteiger partial charge in [0.05, 0.1) is 0 Å². The Hall–Kier alpha value is -2.37. The lowest BCUT2D eigenvalue weighted by Crippen LogP contribution is -2.52. The third-order valence-electron chi connectivity index (χ3n) is 5.30. The summed E-state index contributed by atoms with van der Waals surface area (Å²) in [6.07, 6.45) is 1.88. The largest absolute Gasteiger partial charge is 0.371 e. The molecule has 3 aliphatic heterocycles. The number of anilines is 1. The van der Waals surface area contributed by atoms with Crippen molar-refractivity contribution in [2.75, 3.05) is 18.0 Å². The average Bonchev–Trinajstić information content (AvgIpc) is 3.11. The van der Waals surface area contributed by atoms with Crippen molar-refractivity contribution in [2.45, 2.75) is 38.8 Å². The predicted molar refractivity (Wildman–Crippen MR) is 88.5 cm³/mol. The molecule has 0 saturated carbocycles. The van der Waals surface area contributed by atoms with Gasteiger partial charge in [-0.25, -0.2) is 0 Å². The lowest BCUT2D eigenvalue weighted by atomic mass is 10.0. The minimum Gasteiger partial charge on any atom is -0.371 e. The fourth-order valence-corrected chi connectivity index (χ4v) is 3.93. The molecule has 3 aliphatic rings. The Labute approximate surface area is 140 Å². The van der Waals surface area contributed by atoms with Crippen LogP contribution in [-0.4, -0.2) is 41.8 Å². The maximum absolute atomic E-state index is 12.7. The van der Waals surface area contributed by atoms with E-state index in [0.29, 0.717) is 24.4 Å². The molecule has 2 fully saturated rings. The van der Waals surface area contributed by atoms with Crippen LogP contribution in [0.1, 0.15) is 42.1 Å². The van der Waals surface area contributed by atoms with Crippen LogP contribution in [0.15, 0.2) is 18.2 Å². The lowest BCUT2D eigenvalue weighted by molar-refractivity contribution is -0.136. The predicted octanol–water partition coefficient (Wildman–Crippen LogP) is 1.29. The number of hydrogen-bond donors (Lipinski definition) is 1. The van der Waals surface area contributed by atoms with Gasteiger partial charge in [-0.2, -0.15) is 0 Å². The highest BCUT2D eigenvalue weighted by molar-refractivity contribution is 6.05. The minimum atomic E-state index is -0.544. The Bertz CT molecular complexity index is 730. The van der Waals surface area contributed by atoms with Gasteiger partial charge in [-0.05, 0) is 42.5 Å². The van der Waals surface area contributed by atoms with E-state index in [-0.39, 0.29) is 24.1 Å². The van der Waals surface area contributed by atoms with Crippen molar-refractivity contribution in [3.05, 3.63) is 29.3 Å². The normalized spacial score (nSPS) is 26.8.